The normalized spacial score (nSPS) is 10.8. The van der Waals surface area contributed by atoms with Gasteiger partial charge in [-0.1, -0.05) is 19.1 Å². The van der Waals surface area contributed by atoms with Crippen molar-refractivity contribution in [3.63, 3.8) is 0 Å². The number of hydrogen-bond donors (Lipinski definition) is 1. The van der Waals surface area contributed by atoms with Crippen molar-refractivity contribution in [2.24, 2.45) is 5.73 Å². The second-order valence-corrected chi connectivity index (χ2v) is 4.24. The van der Waals surface area contributed by atoms with E-state index in [9.17, 15) is 9.18 Å². The molecule has 4 nitrogen and oxygen atoms in total. The topological polar surface area (TPSA) is 55.6 Å². The van der Waals surface area contributed by atoms with Gasteiger partial charge in [0.1, 0.15) is 5.82 Å². The SMILES string of the molecule is CCOC(=O)CN(CC)Cc1cc(CN)ccc1F. The Kier molecular flexibility index (Phi) is 6.45. The highest BCUT2D eigenvalue weighted by molar-refractivity contribution is 5.71. The van der Waals surface area contributed by atoms with Crippen LogP contribution in [0.3, 0.4) is 0 Å². The molecule has 5 heteroatoms. The van der Waals surface area contributed by atoms with Gasteiger partial charge >= 0.3 is 5.97 Å². The molecule has 0 fully saturated rings. The van der Waals surface area contributed by atoms with Crippen LogP contribution in [-0.4, -0.2) is 30.6 Å². The number of rotatable bonds is 7. The molecule has 0 heterocycles. The van der Waals surface area contributed by atoms with Gasteiger partial charge in [-0.2, -0.15) is 0 Å². The van der Waals surface area contributed by atoms with Gasteiger partial charge in [0.2, 0.25) is 0 Å². The van der Waals surface area contributed by atoms with Crippen molar-refractivity contribution in [3.05, 3.63) is 35.1 Å². The maximum absolute atomic E-state index is 13.7. The molecule has 106 valence electrons. The van der Waals surface area contributed by atoms with Gasteiger partial charge in [0.25, 0.3) is 0 Å². The molecular weight excluding hydrogens is 247 g/mol. The summed E-state index contributed by atoms with van der Waals surface area (Å²) >= 11 is 0. The lowest BCUT2D eigenvalue weighted by Gasteiger charge is -2.20. The third-order valence-corrected chi connectivity index (χ3v) is 2.85. The fraction of sp³-hybridized carbons (Fsp3) is 0.500. The molecule has 0 aromatic heterocycles. The minimum Gasteiger partial charge on any atom is -0.465 e. The summed E-state index contributed by atoms with van der Waals surface area (Å²) in [6.07, 6.45) is 0. The molecule has 0 saturated carbocycles. The van der Waals surface area contributed by atoms with Crippen molar-refractivity contribution in [2.45, 2.75) is 26.9 Å². The number of benzene rings is 1. The average Bonchev–Trinajstić information content (AvgIpc) is 2.40. The summed E-state index contributed by atoms with van der Waals surface area (Å²) in [6, 6.07) is 4.82. The van der Waals surface area contributed by atoms with Crippen LogP contribution in [0.25, 0.3) is 0 Å². The molecule has 2 N–H and O–H groups in total. The first-order chi connectivity index (χ1) is 9.10. The molecule has 0 amide bonds. The number of carbonyl (C=O) groups excluding carboxylic acids is 1. The number of hydrogen-bond acceptors (Lipinski definition) is 4. The zero-order valence-electron chi connectivity index (χ0n) is 11.5. The van der Waals surface area contributed by atoms with Crippen LogP contribution in [0.1, 0.15) is 25.0 Å². The van der Waals surface area contributed by atoms with Crippen LogP contribution >= 0.6 is 0 Å². The van der Waals surface area contributed by atoms with E-state index < -0.39 is 0 Å². The van der Waals surface area contributed by atoms with Crippen molar-refractivity contribution in [3.8, 4) is 0 Å². The summed E-state index contributed by atoms with van der Waals surface area (Å²) in [4.78, 5) is 13.3. The molecule has 1 aromatic carbocycles. The molecule has 1 rings (SSSR count). The fourth-order valence-electron chi connectivity index (χ4n) is 1.79. The van der Waals surface area contributed by atoms with Crippen LogP contribution in [0.5, 0.6) is 0 Å². The van der Waals surface area contributed by atoms with Gasteiger partial charge in [-0.05, 0) is 25.1 Å². The Bertz CT molecular complexity index is 424. The third-order valence-electron chi connectivity index (χ3n) is 2.85. The lowest BCUT2D eigenvalue weighted by molar-refractivity contribution is -0.144. The van der Waals surface area contributed by atoms with Crippen molar-refractivity contribution >= 4 is 5.97 Å². The van der Waals surface area contributed by atoms with Crippen molar-refractivity contribution in [1.82, 2.24) is 4.90 Å². The number of ether oxygens (including phenoxy) is 1. The predicted octanol–water partition coefficient (Wildman–Crippen LogP) is 1.67. The lowest BCUT2D eigenvalue weighted by Crippen LogP contribution is -2.30. The standard InChI is InChI=1S/C14H21FN2O2/c1-3-17(10-14(18)19-4-2)9-12-7-11(8-16)5-6-13(12)15/h5-7H,3-4,8-10,16H2,1-2H3. The molecule has 0 spiro atoms. The fourth-order valence-corrected chi connectivity index (χ4v) is 1.79. The van der Waals surface area contributed by atoms with E-state index in [-0.39, 0.29) is 18.3 Å². The Labute approximate surface area is 113 Å². The Morgan fingerprint density at radius 3 is 2.74 bits per heavy atom. The molecule has 0 saturated heterocycles. The largest absolute Gasteiger partial charge is 0.465 e. The maximum atomic E-state index is 13.7. The first-order valence-electron chi connectivity index (χ1n) is 6.46. The zero-order chi connectivity index (χ0) is 14.3. The van der Waals surface area contributed by atoms with E-state index in [1.54, 1.807) is 19.1 Å². The molecule has 0 aliphatic rings. The smallest absolute Gasteiger partial charge is 0.320 e. The number of halogens is 1. The highest BCUT2D eigenvalue weighted by Crippen LogP contribution is 2.13. The molecule has 0 bridgehead atoms. The minimum absolute atomic E-state index is 0.163. The van der Waals surface area contributed by atoms with Gasteiger partial charge < -0.3 is 10.5 Å². The van der Waals surface area contributed by atoms with Crippen LogP contribution in [0.4, 0.5) is 4.39 Å². The zero-order valence-corrected chi connectivity index (χ0v) is 11.5. The predicted molar refractivity (Wildman–Crippen MR) is 71.9 cm³/mol. The van der Waals surface area contributed by atoms with E-state index in [1.165, 1.54) is 6.07 Å². The summed E-state index contributed by atoms with van der Waals surface area (Å²) < 4.78 is 18.6. The van der Waals surface area contributed by atoms with Crippen LogP contribution in [0.2, 0.25) is 0 Å². The Morgan fingerprint density at radius 2 is 2.16 bits per heavy atom. The van der Waals surface area contributed by atoms with Crippen molar-refractivity contribution < 1.29 is 13.9 Å². The monoisotopic (exact) mass is 268 g/mol. The second-order valence-electron chi connectivity index (χ2n) is 4.24. The number of likely N-dealkylation sites (N-methyl/N-ethyl adjacent to an activating group) is 1. The molecule has 1 aromatic rings. The summed E-state index contributed by atoms with van der Waals surface area (Å²) in [5.74, 6) is -0.570. The number of esters is 1. The molecule has 0 aliphatic heterocycles. The summed E-state index contributed by atoms with van der Waals surface area (Å²) in [5.41, 5.74) is 6.97. The molecule has 0 unspecified atom stereocenters. The maximum Gasteiger partial charge on any atom is 0.320 e. The quantitative estimate of drug-likeness (QED) is 0.764. The van der Waals surface area contributed by atoms with Crippen LogP contribution in [0.15, 0.2) is 18.2 Å². The van der Waals surface area contributed by atoms with E-state index in [1.807, 2.05) is 11.8 Å². The molecule has 19 heavy (non-hydrogen) atoms. The number of nitrogens with two attached hydrogens (primary N) is 1. The highest BCUT2D eigenvalue weighted by atomic mass is 19.1. The van der Waals surface area contributed by atoms with Gasteiger partial charge in [0.05, 0.1) is 13.2 Å². The Morgan fingerprint density at radius 1 is 1.42 bits per heavy atom. The first-order valence-corrected chi connectivity index (χ1v) is 6.46. The van der Waals surface area contributed by atoms with Gasteiger partial charge in [-0.3, -0.25) is 9.69 Å². The third kappa shape index (κ3) is 4.96. The van der Waals surface area contributed by atoms with Crippen LogP contribution in [-0.2, 0) is 22.6 Å². The molecule has 0 atom stereocenters. The first kappa shape index (κ1) is 15.6. The molecule has 0 aliphatic carbocycles. The number of carbonyl (C=O) groups is 1. The van der Waals surface area contributed by atoms with Gasteiger partial charge in [0, 0.05) is 18.7 Å². The Balaban J connectivity index is 2.72. The lowest BCUT2D eigenvalue weighted by atomic mass is 10.1. The second kappa shape index (κ2) is 7.86. The summed E-state index contributed by atoms with van der Waals surface area (Å²) in [7, 11) is 0. The molecular formula is C14H21FN2O2. The van der Waals surface area contributed by atoms with Crippen LogP contribution < -0.4 is 5.73 Å². The van der Waals surface area contributed by atoms with Crippen molar-refractivity contribution in [2.75, 3.05) is 19.7 Å². The summed E-state index contributed by atoms with van der Waals surface area (Å²) in [5, 5.41) is 0. The van der Waals surface area contributed by atoms with Crippen LogP contribution in [0, 0.1) is 5.82 Å². The van der Waals surface area contributed by atoms with E-state index in [4.69, 9.17) is 10.5 Å². The summed E-state index contributed by atoms with van der Waals surface area (Å²) in [6.45, 7) is 5.59. The van der Waals surface area contributed by atoms with E-state index in [0.29, 0.717) is 31.8 Å². The minimum atomic E-state index is -0.292. The molecule has 0 radical (unpaired) electrons. The average molecular weight is 268 g/mol. The van der Waals surface area contributed by atoms with Crippen molar-refractivity contribution in [1.29, 1.82) is 0 Å². The highest BCUT2D eigenvalue weighted by Gasteiger charge is 2.13. The van der Waals surface area contributed by atoms with E-state index in [2.05, 4.69) is 0 Å². The van der Waals surface area contributed by atoms with Gasteiger partial charge in [-0.25, -0.2) is 4.39 Å². The van der Waals surface area contributed by atoms with E-state index in [0.717, 1.165) is 5.56 Å². The van der Waals surface area contributed by atoms with Gasteiger partial charge in [0.15, 0.2) is 0 Å². The van der Waals surface area contributed by atoms with Gasteiger partial charge in [-0.15, -0.1) is 0 Å². The van der Waals surface area contributed by atoms with E-state index >= 15 is 0 Å². The number of nitrogens with zero attached hydrogens (tertiary/aromatic N) is 1. The Hall–Kier alpha value is -1.46.